The monoisotopic (exact) mass is 617 g/mol. The first kappa shape index (κ1) is 30.8. The van der Waals surface area contributed by atoms with Crippen molar-refractivity contribution < 1.29 is 13.2 Å². The molecule has 2 aliphatic rings. The molecule has 0 unspecified atom stereocenters. The van der Waals surface area contributed by atoms with E-state index in [1.165, 1.54) is 6.26 Å². The van der Waals surface area contributed by atoms with Crippen LogP contribution in [0.25, 0.3) is 11.0 Å². The predicted molar refractivity (Wildman–Crippen MR) is 165 cm³/mol. The highest BCUT2D eigenvalue weighted by Gasteiger charge is 2.35. The van der Waals surface area contributed by atoms with Crippen molar-refractivity contribution in [2.75, 3.05) is 64.5 Å². The Morgan fingerprint density at radius 3 is 2.40 bits per heavy atom. The van der Waals surface area contributed by atoms with Gasteiger partial charge in [-0.3, -0.25) is 4.79 Å². The summed E-state index contributed by atoms with van der Waals surface area (Å²) in [5.74, 6) is 1.39. The van der Waals surface area contributed by atoms with E-state index in [9.17, 15) is 13.2 Å². The quantitative estimate of drug-likeness (QED) is 0.338. The lowest BCUT2D eigenvalue weighted by atomic mass is 9.85. The first-order valence-corrected chi connectivity index (χ1v) is 17.5. The molecule has 0 atom stereocenters. The van der Waals surface area contributed by atoms with Crippen LogP contribution >= 0.6 is 11.3 Å². The number of nitrogens with zero attached hydrogens (tertiary/aromatic N) is 9. The number of thiazole rings is 1. The molecule has 3 aromatic rings. The number of rotatable bonds is 10. The summed E-state index contributed by atoms with van der Waals surface area (Å²) in [6.45, 7) is 8.66. The Labute approximate surface area is 252 Å². The molecule has 12 nitrogen and oxygen atoms in total. The molecule has 2 fully saturated rings. The molecule has 0 bridgehead atoms. The number of fused-ring (bicyclic) bond motifs is 1. The van der Waals surface area contributed by atoms with Crippen molar-refractivity contribution in [1.29, 1.82) is 0 Å². The molecule has 1 saturated carbocycles. The van der Waals surface area contributed by atoms with E-state index in [2.05, 4.69) is 39.2 Å². The average Bonchev–Trinajstić information content (AvgIpc) is 3.60. The molecule has 0 radical (unpaired) electrons. The van der Waals surface area contributed by atoms with Crippen LogP contribution in [0.3, 0.4) is 0 Å². The van der Waals surface area contributed by atoms with E-state index in [0.717, 1.165) is 53.2 Å². The summed E-state index contributed by atoms with van der Waals surface area (Å²) in [5, 5.41) is 8.71. The number of likely N-dealkylation sites (N-methyl/N-ethyl adjacent to an activating group) is 1. The van der Waals surface area contributed by atoms with Gasteiger partial charge < -0.3 is 14.7 Å². The third-order valence-corrected chi connectivity index (χ3v) is 10.9. The number of anilines is 1. The number of hydrogen-bond donors (Lipinski definition) is 0. The van der Waals surface area contributed by atoms with Crippen LogP contribution in [0.15, 0.2) is 17.9 Å². The number of sulfonamides is 1. The second-order valence-electron chi connectivity index (χ2n) is 12.1. The highest BCUT2D eigenvalue weighted by atomic mass is 32.2. The molecule has 3 aromatic heterocycles. The molecule has 1 aliphatic carbocycles. The Hall–Kier alpha value is -2.68. The fraction of sp³-hybridized carbons (Fsp3) is 0.679. The first-order chi connectivity index (χ1) is 20.0. The summed E-state index contributed by atoms with van der Waals surface area (Å²) in [4.78, 5) is 33.5. The molecular formula is C28H43N9O3S2. The van der Waals surface area contributed by atoms with Crippen LogP contribution in [0, 0.1) is 5.92 Å². The van der Waals surface area contributed by atoms with E-state index < -0.39 is 10.0 Å². The number of piperazine rings is 1. The third-order valence-electron chi connectivity index (χ3n) is 8.33. The molecule has 1 amide bonds. The van der Waals surface area contributed by atoms with Crippen LogP contribution in [-0.2, 0) is 21.4 Å². The molecule has 0 spiro atoms. The molecule has 0 aromatic carbocycles. The van der Waals surface area contributed by atoms with Crippen molar-refractivity contribution in [3.63, 3.8) is 0 Å². The van der Waals surface area contributed by atoms with Gasteiger partial charge in [0.25, 0.3) is 0 Å². The smallest absolute Gasteiger partial charge is 0.225 e. The van der Waals surface area contributed by atoms with Crippen LogP contribution in [0.4, 0.5) is 5.82 Å². The van der Waals surface area contributed by atoms with Gasteiger partial charge in [-0.05, 0) is 39.8 Å². The Balaban J connectivity index is 1.17. The summed E-state index contributed by atoms with van der Waals surface area (Å²) in [6, 6.07) is -0.0327. The molecule has 0 N–H and O–H groups in total. The summed E-state index contributed by atoms with van der Waals surface area (Å²) < 4.78 is 28.4. The molecule has 1 aliphatic heterocycles. The molecule has 5 rings (SSSR count). The first-order valence-electron chi connectivity index (χ1n) is 14.8. The third kappa shape index (κ3) is 6.92. The lowest BCUT2D eigenvalue weighted by Crippen LogP contribution is -2.52. The molecule has 14 heteroatoms. The van der Waals surface area contributed by atoms with Gasteiger partial charge in [-0.2, -0.15) is 9.40 Å². The van der Waals surface area contributed by atoms with Crippen LogP contribution in [-0.4, -0.2) is 119 Å². The Morgan fingerprint density at radius 2 is 1.79 bits per heavy atom. The zero-order valence-electron chi connectivity index (χ0n) is 25.3. The van der Waals surface area contributed by atoms with Gasteiger partial charge in [-0.15, -0.1) is 11.3 Å². The largest absolute Gasteiger partial charge is 0.352 e. The van der Waals surface area contributed by atoms with E-state index in [1.54, 1.807) is 22.0 Å². The topological polar surface area (TPSA) is 121 Å². The highest BCUT2D eigenvalue weighted by Crippen LogP contribution is 2.31. The van der Waals surface area contributed by atoms with Crippen LogP contribution < -0.4 is 4.90 Å². The maximum atomic E-state index is 13.4. The van der Waals surface area contributed by atoms with Crippen LogP contribution in [0.1, 0.15) is 56.2 Å². The normalized spacial score (nSPS) is 20.4. The van der Waals surface area contributed by atoms with Gasteiger partial charge in [0.15, 0.2) is 5.65 Å². The zero-order chi connectivity index (χ0) is 30.0. The predicted octanol–water partition coefficient (Wildman–Crippen LogP) is 2.49. The van der Waals surface area contributed by atoms with Crippen LogP contribution in [0.5, 0.6) is 0 Å². The molecular weight excluding hydrogens is 575 g/mol. The van der Waals surface area contributed by atoms with E-state index in [4.69, 9.17) is 4.98 Å². The Morgan fingerprint density at radius 1 is 1.07 bits per heavy atom. The molecule has 4 heterocycles. The zero-order valence-corrected chi connectivity index (χ0v) is 26.9. The molecule has 230 valence electrons. The minimum atomic E-state index is -3.30. The number of aromatic nitrogens is 5. The van der Waals surface area contributed by atoms with Crippen molar-refractivity contribution in [2.45, 2.75) is 58.0 Å². The van der Waals surface area contributed by atoms with Crippen molar-refractivity contribution in [3.05, 3.63) is 28.6 Å². The van der Waals surface area contributed by atoms with E-state index >= 15 is 0 Å². The number of carbonyl (C=O) groups is 1. The SMILES string of the molecule is CC(C)c1nc(Cn2ncc3c(N4CCN(C(=O)C5CCC(N(CCN(C)C)S(C)(=O)=O)CC5)CC4)ncnc32)cs1. The summed E-state index contributed by atoms with van der Waals surface area (Å²) in [7, 11) is 0.597. The van der Waals surface area contributed by atoms with Crippen molar-refractivity contribution in [2.24, 2.45) is 5.92 Å². The second-order valence-corrected chi connectivity index (χ2v) is 14.9. The van der Waals surface area contributed by atoms with Gasteiger partial charge >= 0.3 is 0 Å². The lowest BCUT2D eigenvalue weighted by Gasteiger charge is -2.39. The maximum absolute atomic E-state index is 13.4. The van der Waals surface area contributed by atoms with Gasteiger partial charge in [0.2, 0.25) is 15.9 Å². The fourth-order valence-corrected chi connectivity index (χ4v) is 7.98. The van der Waals surface area contributed by atoms with Gasteiger partial charge in [0.1, 0.15) is 12.1 Å². The van der Waals surface area contributed by atoms with Gasteiger partial charge in [-0.1, -0.05) is 13.8 Å². The molecule has 1 saturated heterocycles. The minimum absolute atomic E-state index is 0.0327. The number of amides is 1. The van der Waals surface area contributed by atoms with Gasteiger partial charge in [-0.25, -0.2) is 28.1 Å². The van der Waals surface area contributed by atoms with E-state index in [1.807, 2.05) is 34.8 Å². The maximum Gasteiger partial charge on any atom is 0.225 e. The van der Waals surface area contributed by atoms with Gasteiger partial charge in [0.05, 0.1) is 35.1 Å². The number of carbonyl (C=O) groups excluding carboxylic acids is 1. The van der Waals surface area contributed by atoms with Crippen molar-refractivity contribution in [3.8, 4) is 0 Å². The summed E-state index contributed by atoms with van der Waals surface area (Å²) >= 11 is 1.68. The average molecular weight is 618 g/mol. The summed E-state index contributed by atoms with van der Waals surface area (Å²) in [6.07, 6.45) is 7.60. The second kappa shape index (κ2) is 12.9. The minimum Gasteiger partial charge on any atom is -0.352 e. The van der Waals surface area contributed by atoms with E-state index in [0.29, 0.717) is 51.7 Å². The van der Waals surface area contributed by atoms with E-state index in [-0.39, 0.29) is 17.9 Å². The molecule has 42 heavy (non-hydrogen) atoms. The lowest BCUT2D eigenvalue weighted by molar-refractivity contribution is -0.137. The fourth-order valence-electron chi connectivity index (χ4n) is 5.99. The Bertz CT molecular complexity index is 1470. The highest BCUT2D eigenvalue weighted by molar-refractivity contribution is 7.88. The standard InChI is InChI=1S/C28H43N9O3S2/c1-20(2)27-32-22(18-41-27)17-36-26-24(16-31-36)25(29-19-30-26)34-11-13-35(14-12-34)28(38)21-6-8-23(9-7-21)37(42(5,39)40)15-10-33(3)4/h16,18-21,23H,6-15,17H2,1-5H3. The van der Waals surface area contributed by atoms with Crippen molar-refractivity contribution >= 4 is 44.1 Å². The van der Waals surface area contributed by atoms with Crippen molar-refractivity contribution in [1.82, 2.24) is 38.8 Å². The Kier molecular flexibility index (Phi) is 9.45. The van der Waals surface area contributed by atoms with Crippen LogP contribution in [0.2, 0.25) is 0 Å². The summed E-state index contributed by atoms with van der Waals surface area (Å²) in [5.41, 5.74) is 1.76. The van der Waals surface area contributed by atoms with Gasteiger partial charge in [0, 0.05) is 62.5 Å². The number of hydrogen-bond acceptors (Lipinski definition) is 10.